The second kappa shape index (κ2) is 7.29. The Kier molecular flexibility index (Phi) is 6.38. The summed E-state index contributed by atoms with van der Waals surface area (Å²) in [6.07, 6.45) is 3.05. The van der Waals surface area contributed by atoms with Crippen LogP contribution in [0.4, 0.5) is 5.69 Å². The standard InChI is InChI=1S/C13H21BrN2S/c1-10(15)8-11-9-12(14)4-5-13(11)16(2)6-7-17-3/h4-5,9-10H,6-8,15H2,1-3H3. The molecule has 0 fully saturated rings. The van der Waals surface area contributed by atoms with E-state index in [-0.39, 0.29) is 6.04 Å². The Balaban J connectivity index is 2.88. The molecule has 0 amide bonds. The molecule has 0 aliphatic heterocycles. The lowest BCUT2D eigenvalue weighted by molar-refractivity contribution is 0.735. The van der Waals surface area contributed by atoms with Gasteiger partial charge in [0.15, 0.2) is 0 Å². The van der Waals surface area contributed by atoms with Gasteiger partial charge in [-0.05, 0) is 43.4 Å². The highest BCUT2D eigenvalue weighted by molar-refractivity contribution is 9.10. The van der Waals surface area contributed by atoms with Crippen LogP contribution in [0.1, 0.15) is 12.5 Å². The van der Waals surface area contributed by atoms with E-state index < -0.39 is 0 Å². The highest BCUT2D eigenvalue weighted by Gasteiger charge is 2.09. The van der Waals surface area contributed by atoms with Gasteiger partial charge in [0.2, 0.25) is 0 Å². The minimum atomic E-state index is 0.192. The van der Waals surface area contributed by atoms with Gasteiger partial charge in [-0.1, -0.05) is 15.9 Å². The summed E-state index contributed by atoms with van der Waals surface area (Å²) in [5, 5.41) is 0. The molecule has 0 heterocycles. The van der Waals surface area contributed by atoms with Crippen molar-refractivity contribution in [3.05, 3.63) is 28.2 Å². The van der Waals surface area contributed by atoms with Gasteiger partial charge >= 0.3 is 0 Å². The molecule has 96 valence electrons. The molecule has 1 aromatic carbocycles. The van der Waals surface area contributed by atoms with E-state index in [4.69, 9.17) is 5.73 Å². The molecule has 2 N–H and O–H groups in total. The summed E-state index contributed by atoms with van der Waals surface area (Å²) in [6, 6.07) is 6.63. The zero-order valence-electron chi connectivity index (χ0n) is 10.7. The summed E-state index contributed by atoms with van der Waals surface area (Å²) in [7, 11) is 2.14. The van der Waals surface area contributed by atoms with Crippen LogP contribution in [0.25, 0.3) is 0 Å². The lowest BCUT2D eigenvalue weighted by Crippen LogP contribution is -2.24. The van der Waals surface area contributed by atoms with E-state index in [2.05, 4.69) is 52.3 Å². The lowest BCUT2D eigenvalue weighted by atomic mass is 10.0. The molecule has 0 radical (unpaired) electrons. The smallest absolute Gasteiger partial charge is 0.0397 e. The van der Waals surface area contributed by atoms with Crippen LogP contribution in [0.15, 0.2) is 22.7 Å². The highest BCUT2D eigenvalue weighted by atomic mass is 79.9. The third-order valence-corrected chi connectivity index (χ3v) is 3.71. The molecule has 0 bridgehead atoms. The maximum absolute atomic E-state index is 5.91. The molecular formula is C13H21BrN2S. The molecular weight excluding hydrogens is 296 g/mol. The minimum absolute atomic E-state index is 0.192. The van der Waals surface area contributed by atoms with Gasteiger partial charge in [-0.3, -0.25) is 0 Å². The largest absolute Gasteiger partial charge is 0.374 e. The maximum Gasteiger partial charge on any atom is 0.0397 e. The van der Waals surface area contributed by atoms with E-state index in [0.29, 0.717) is 0 Å². The Hall–Kier alpha value is -0.190. The number of halogens is 1. The summed E-state index contributed by atoms with van der Waals surface area (Å²) in [4.78, 5) is 2.31. The third kappa shape index (κ3) is 4.90. The Morgan fingerprint density at radius 1 is 1.47 bits per heavy atom. The third-order valence-electron chi connectivity index (χ3n) is 2.63. The van der Waals surface area contributed by atoms with Gasteiger partial charge in [-0.2, -0.15) is 11.8 Å². The van der Waals surface area contributed by atoms with E-state index in [1.807, 2.05) is 18.7 Å². The van der Waals surface area contributed by atoms with Crippen molar-refractivity contribution >= 4 is 33.4 Å². The molecule has 2 nitrogen and oxygen atoms in total. The van der Waals surface area contributed by atoms with Gasteiger partial charge in [0.25, 0.3) is 0 Å². The molecule has 0 spiro atoms. The average molecular weight is 317 g/mol. The van der Waals surface area contributed by atoms with Gasteiger partial charge in [0, 0.05) is 35.5 Å². The maximum atomic E-state index is 5.91. The summed E-state index contributed by atoms with van der Waals surface area (Å²) >= 11 is 5.40. The zero-order chi connectivity index (χ0) is 12.8. The van der Waals surface area contributed by atoms with Crippen LogP contribution in [-0.4, -0.2) is 31.6 Å². The van der Waals surface area contributed by atoms with Crippen LogP contribution in [0.2, 0.25) is 0 Å². The number of nitrogens with two attached hydrogens (primary N) is 1. The Labute approximate surface area is 117 Å². The Morgan fingerprint density at radius 3 is 2.76 bits per heavy atom. The lowest BCUT2D eigenvalue weighted by Gasteiger charge is -2.23. The van der Waals surface area contributed by atoms with Crippen molar-refractivity contribution in [1.29, 1.82) is 0 Å². The fourth-order valence-corrected chi connectivity index (χ4v) is 2.65. The molecule has 1 rings (SSSR count). The zero-order valence-corrected chi connectivity index (χ0v) is 13.1. The number of hydrogen-bond acceptors (Lipinski definition) is 3. The number of rotatable bonds is 6. The molecule has 1 unspecified atom stereocenters. The van der Waals surface area contributed by atoms with Crippen molar-refractivity contribution in [2.45, 2.75) is 19.4 Å². The van der Waals surface area contributed by atoms with Crippen LogP contribution in [0, 0.1) is 0 Å². The van der Waals surface area contributed by atoms with Gasteiger partial charge in [0.05, 0.1) is 0 Å². The molecule has 1 aromatic rings. The quantitative estimate of drug-likeness (QED) is 0.874. The molecule has 17 heavy (non-hydrogen) atoms. The van der Waals surface area contributed by atoms with Crippen molar-refractivity contribution in [3.8, 4) is 0 Å². The molecule has 4 heteroatoms. The van der Waals surface area contributed by atoms with Crippen molar-refractivity contribution in [1.82, 2.24) is 0 Å². The van der Waals surface area contributed by atoms with Gasteiger partial charge in [-0.25, -0.2) is 0 Å². The number of hydrogen-bond donors (Lipinski definition) is 1. The van der Waals surface area contributed by atoms with E-state index >= 15 is 0 Å². The van der Waals surface area contributed by atoms with Gasteiger partial charge < -0.3 is 10.6 Å². The Morgan fingerprint density at radius 2 is 2.18 bits per heavy atom. The molecule has 0 aromatic heterocycles. The number of benzene rings is 1. The van der Waals surface area contributed by atoms with Gasteiger partial charge in [-0.15, -0.1) is 0 Å². The van der Waals surface area contributed by atoms with Crippen molar-refractivity contribution in [2.75, 3.05) is 30.5 Å². The van der Waals surface area contributed by atoms with Gasteiger partial charge in [0.1, 0.15) is 0 Å². The summed E-state index contributed by atoms with van der Waals surface area (Å²) in [5.74, 6) is 1.14. The predicted molar refractivity (Wildman–Crippen MR) is 83.1 cm³/mol. The van der Waals surface area contributed by atoms with Crippen molar-refractivity contribution in [3.63, 3.8) is 0 Å². The first kappa shape index (κ1) is 14.9. The van der Waals surface area contributed by atoms with Crippen LogP contribution < -0.4 is 10.6 Å². The van der Waals surface area contributed by atoms with Crippen molar-refractivity contribution in [2.24, 2.45) is 5.73 Å². The fourth-order valence-electron chi connectivity index (χ4n) is 1.79. The summed E-state index contributed by atoms with van der Waals surface area (Å²) in [6.45, 7) is 3.11. The second-order valence-electron chi connectivity index (χ2n) is 4.37. The number of anilines is 1. The fraction of sp³-hybridized carbons (Fsp3) is 0.538. The summed E-state index contributed by atoms with van der Waals surface area (Å²) in [5.41, 5.74) is 8.51. The number of thioether (sulfide) groups is 1. The van der Waals surface area contributed by atoms with E-state index in [1.165, 1.54) is 11.3 Å². The van der Waals surface area contributed by atoms with E-state index in [9.17, 15) is 0 Å². The predicted octanol–water partition coefficient (Wildman–Crippen LogP) is 3.14. The molecule has 0 saturated heterocycles. The molecule has 1 atom stereocenters. The first-order valence-electron chi connectivity index (χ1n) is 5.78. The van der Waals surface area contributed by atoms with E-state index in [1.54, 1.807) is 0 Å². The van der Waals surface area contributed by atoms with Crippen LogP contribution in [-0.2, 0) is 6.42 Å². The number of nitrogens with zero attached hydrogens (tertiary/aromatic N) is 1. The SMILES string of the molecule is CSCCN(C)c1ccc(Br)cc1CC(C)N. The molecule has 0 aliphatic carbocycles. The van der Waals surface area contributed by atoms with Crippen LogP contribution in [0.3, 0.4) is 0 Å². The van der Waals surface area contributed by atoms with E-state index in [0.717, 1.165) is 23.2 Å². The highest BCUT2D eigenvalue weighted by Crippen LogP contribution is 2.25. The van der Waals surface area contributed by atoms with Crippen LogP contribution in [0.5, 0.6) is 0 Å². The Bertz CT molecular complexity index is 355. The topological polar surface area (TPSA) is 29.3 Å². The molecule has 0 saturated carbocycles. The first-order valence-corrected chi connectivity index (χ1v) is 7.97. The second-order valence-corrected chi connectivity index (χ2v) is 6.27. The average Bonchev–Trinajstić information content (AvgIpc) is 2.25. The normalized spacial score (nSPS) is 12.5. The summed E-state index contributed by atoms with van der Waals surface area (Å²) < 4.78 is 1.12. The minimum Gasteiger partial charge on any atom is -0.374 e. The van der Waals surface area contributed by atoms with Crippen LogP contribution >= 0.6 is 27.7 Å². The monoisotopic (exact) mass is 316 g/mol. The first-order chi connectivity index (χ1) is 8.04. The molecule has 0 aliphatic rings. The van der Waals surface area contributed by atoms with Crippen molar-refractivity contribution < 1.29 is 0 Å².